The molecule has 1 aliphatic carbocycles. The van der Waals surface area contributed by atoms with Crippen LogP contribution in [0.15, 0.2) is 12.1 Å². The fourth-order valence-electron chi connectivity index (χ4n) is 2.44. The summed E-state index contributed by atoms with van der Waals surface area (Å²) in [4.78, 5) is 16.1. The molecule has 20 heavy (non-hydrogen) atoms. The number of nitrogens with zero attached hydrogens (tertiary/aromatic N) is 1. The van der Waals surface area contributed by atoms with Gasteiger partial charge < -0.3 is 5.73 Å². The highest BCUT2D eigenvalue weighted by atomic mass is 16.1. The standard InChI is InChI=1S/C15H20N4O/c1-10-11(7-8-14(20)19-15(16)17)9-12-5-3-2-4-6-13(12)18-10/h7-9H,2-6H2,1H3,(H4,16,17,19,20). The van der Waals surface area contributed by atoms with Crippen molar-refractivity contribution in [3.63, 3.8) is 0 Å². The number of pyridine rings is 1. The predicted octanol–water partition coefficient (Wildman–Crippen LogP) is 1.68. The number of hydrogen-bond donors (Lipinski definition) is 3. The molecule has 0 spiro atoms. The minimum absolute atomic E-state index is 0.351. The van der Waals surface area contributed by atoms with E-state index < -0.39 is 5.91 Å². The number of nitrogens with two attached hydrogens (primary N) is 1. The highest BCUT2D eigenvalue weighted by Gasteiger charge is 2.11. The van der Waals surface area contributed by atoms with Crippen molar-refractivity contribution >= 4 is 17.9 Å². The maximum atomic E-state index is 11.4. The van der Waals surface area contributed by atoms with Crippen LogP contribution >= 0.6 is 0 Å². The average Bonchev–Trinajstić information content (AvgIpc) is 2.60. The van der Waals surface area contributed by atoms with Crippen LogP contribution in [0.5, 0.6) is 0 Å². The monoisotopic (exact) mass is 272 g/mol. The second-order valence-electron chi connectivity index (χ2n) is 5.07. The quantitative estimate of drug-likeness (QED) is 0.331. The van der Waals surface area contributed by atoms with E-state index in [1.54, 1.807) is 6.08 Å². The summed E-state index contributed by atoms with van der Waals surface area (Å²) in [6.45, 7) is 1.95. The molecular weight excluding hydrogens is 252 g/mol. The van der Waals surface area contributed by atoms with E-state index in [1.165, 1.54) is 36.6 Å². The molecule has 1 aromatic heterocycles. The second kappa shape index (κ2) is 6.32. The molecule has 1 aromatic rings. The van der Waals surface area contributed by atoms with Gasteiger partial charge in [-0.3, -0.25) is 20.5 Å². The summed E-state index contributed by atoms with van der Waals surface area (Å²) in [7, 11) is 0. The van der Waals surface area contributed by atoms with Gasteiger partial charge in [0.2, 0.25) is 0 Å². The molecule has 1 aliphatic rings. The van der Waals surface area contributed by atoms with E-state index in [0.29, 0.717) is 0 Å². The molecule has 0 bridgehead atoms. The first-order chi connectivity index (χ1) is 9.56. The maximum absolute atomic E-state index is 11.4. The van der Waals surface area contributed by atoms with Crippen molar-refractivity contribution in [1.82, 2.24) is 10.3 Å². The first-order valence-electron chi connectivity index (χ1n) is 6.89. The van der Waals surface area contributed by atoms with E-state index in [-0.39, 0.29) is 5.96 Å². The highest BCUT2D eigenvalue weighted by Crippen LogP contribution is 2.22. The molecule has 0 aliphatic heterocycles. The van der Waals surface area contributed by atoms with Crippen molar-refractivity contribution in [3.8, 4) is 0 Å². The zero-order chi connectivity index (χ0) is 14.5. The van der Waals surface area contributed by atoms with Gasteiger partial charge in [-0.2, -0.15) is 0 Å². The zero-order valence-corrected chi connectivity index (χ0v) is 11.7. The molecule has 5 nitrogen and oxygen atoms in total. The number of rotatable bonds is 2. The van der Waals surface area contributed by atoms with Crippen molar-refractivity contribution in [2.75, 3.05) is 0 Å². The molecule has 0 saturated carbocycles. The lowest BCUT2D eigenvalue weighted by Crippen LogP contribution is -2.34. The first kappa shape index (κ1) is 14.2. The van der Waals surface area contributed by atoms with Crippen molar-refractivity contribution in [2.24, 2.45) is 5.73 Å². The van der Waals surface area contributed by atoms with Crippen LogP contribution in [0.3, 0.4) is 0 Å². The molecule has 0 aromatic carbocycles. The molecule has 0 radical (unpaired) electrons. The van der Waals surface area contributed by atoms with Gasteiger partial charge in [-0.1, -0.05) is 6.42 Å². The van der Waals surface area contributed by atoms with Gasteiger partial charge in [0.05, 0.1) is 0 Å². The van der Waals surface area contributed by atoms with Gasteiger partial charge >= 0.3 is 0 Å². The van der Waals surface area contributed by atoms with Crippen LogP contribution in [0.4, 0.5) is 0 Å². The van der Waals surface area contributed by atoms with Crippen molar-refractivity contribution < 1.29 is 4.79 Å². The third-order valence-corrected chi connectivity index (χ3v) is 3.45. The predicted molar refractivity (Wildman–Crippen MR) is 79.3 cm³/mol. The van der Waals surface area contributed by atoms with Crippen LogP contribution in [-0.2, 0) is 17.6 Å². The van der Waals surface area contributed by atoms with Gasteiger partial charge in [0, 0.05) is 17.5 Å². The smallest absolute Gasteiger partial charge is 0.250 e. The Kier molecular flexibility index (Phi) is 4.50. The van der Waals surface area contributed by atoms with Crippen LogP contribution < -0.4 is 11.1 Å². The lowest BCUT2D eigenvalue weighted by Gasteiger charge is -2.09. The Hall–Kier alpha value is -2.17. The van der Waals surface area contributed by atoms with Gasteiger partial charge in [0.25, 0.3) is 5.91 Å². The number of carbonyl (C=O) groups is 1. The molecule has 1 heterocycles. The SMILES string of the molecule is Cc1nc2c(cc1C=CC(=O)NC(=N)N)CCCCC2. The zero-order valence-electron chi connectivity index (χ0n) is 11.7. The number of aromatic nitrogens is 1. The normalized spacial score (nSPS) is 14.7. The van der Waals surface area contributed by atoms with Gasteiger partial charge in [0.1, 0.15) is 0 Å². The second-order valence-corrected chi connectivity index (χ2v) is 5.07. The van der Waals surface area contributed by atoms with Crippen molar-refractivity contribution in [3.05, 3.63) is 34.7 Å². The van der Waals surface area contributed by atoms with Gasteiger partial charge in [-0.05, 0) is 55.9 Å². The maximum Gasteiger partial charge on any atom is 0.250 e. The number of fused-ring (bicyclic) bond motifs is 1. The minimum atomic E-state index is -0.396. The third kappa shape index (κ3) is 3.66. The lowest BCUT2D eigenvalue weighted by atomic mass is 10.0. The first-order valence-corrected chi connectivity index (χ1v) is 6.89. The van der Waals surface area contributed by atoms with E-state index in [2.05, 4.69) is 16.4 Å². The molecule has 106 valence electrons. The molecule has 0 unspecified atom stereocenters. The summed E-state index contributed by atoms with van der Waals surface area (Å²) in [5.74, 6) is -0.747. The molecule has 0 fully saturated rings. The van der Waals surface area contributed by atoms with Crippen LogP contribution in [0.25, 0.3) is 6.08 Å². The summed E-state index contributed by atoms with van der Waals surface area (Å²) in [5, 5.41) is 9.22. The number of carbonyl (C=O) groups excluding carboxylic acids is 1. The van der Waals surface area contributed by atoms with E-state index in [0.717, 1.165) is 24.1 Å². The summed E-state index contributed by atoms with van der Waals surface area (Å²) in [5.41, 5.74) is 9.47. The van der Waals surface area contributed by atoms with E-state index in [9.17, 15) is 4.79 Å². The molecule has 5 heteroatoms. The Labute approximate surface area is 118 Å². The summed E-state index contributed by atoms with van der Waals surface area (Å²) < 4.78 is 0. The fourth-order valence-corrected chi connectivity index (χ4v) is 2.44. The third-order valence-electron chi connectivity index (χ3n) is 3.45. The largest absolute Gasteiger partial charge is 0.370 e. The summed E-state index contributed by atoms with van der Waals surface area (Å²) in [6.07, 6.45) is 8.87. The number of hydrogen-bond acceptors (Lipinski definition) is 3. The molecule has 0 saturated heterocycles. The summed E-state index contributed by atoms with van der Waals surface area (Å²) >= 11 is 0. The highest BCUT2D eigenvalue weighted by molar-refractivity contribution is 6.02. The molecular formula is C15H20N4O. The van der Waals surface area contributed by atoms with Crippen LogP contribution in [0.1, 0.15) is 41.8 Å². The van der Waals surface area contributed by atoms with E-state index in [1.807, 2.05) is 6.92 Å². The Morgan fingerprint density at radius 1 is 1.40 bits per heavy atom. The average molecular weight is 272 g/mol. The Balaban J connectivity index is 2.20. The fraction of sp³-hybridized carbons (Fsp3) is 0.400. The van der Waals surface area contributed by atoms with E-state index in [4.69, 9.17) is 11.1 Å². The number of amides is 1. The van der Waals surface area contributed by atoms with E-state index >= 15 is 0 Å². The molecule has 2 rings (SSSR count). The van der Waals surface area contributed by atoms with Crippen molar-refractivity contribution in [1.29, 1.82) is 5.41 Å². The number of nitrogens with one attached hydrogen (secondary N) is 2. The molecule has 4 N–H and O–H groups in total. The van der Waals surface area contributed by atoms with Crippen LogP contribution in [0.2, 0.25) is 0 Å². The topological polar surface area (TPSA) is 91.9 Å². The lowest BCUT2D eigenvalue weighted by molar-refractivity contribution is -0.115. The van der Waals surface area contributed by atoms with Crippen molar-refractivity contribution in [2.45, 2.75) is 39.0 Å². The van der Waals surface area contributed by atoms with Crippen LogP contribution in [0, 0.1) is 12.3 Å². The van der Waals surface area contributed by atoms with Crippen LogP contribution in [-0.4, -0.2) is 16.9 Å². The molecule has 0 atom stereocenters. The molecule has 1 amide bonds. The summed E-state index contributed by atoms with van der Waals surface area (Å²) in [6, 6.07) is 2.13. The Morgan fingerprint density at radius 3 is 2.90 bits per heavy atom. The Morgan fingerprint density at radius 2 is 2.15 bits per heavy atom. The minimum Gasteiger partial charge on any atom is -0.370 e. The van der Waals surface area contributed by atoms with Gasteiger partial charge in [-0.25, -0.2) is 0 Å². The Bertz CT molecular complexity index is 563. The number of guanidine groups is 1. The van der Waals surface area contributed by atoms with Gasteiger partial charge in [-0.15, -0.1) is 0 Å². The number of aryl methyl sites for hydroxylation is 3. The van der Waals surface area contributed by atoms with Gasteiger partial charge in [0.15, 0.2) is 5.96 Å².